The zero-order valence-corrected chi connectivity index (χ0v) is 55.0. The first-order chi connectivity index (χ1) is 44.9. The van der Waals surface area contributed by atoms with Crippen molar-refractivity contribution in [1.82, 2.24) is 59.7 Å². The van der Waals surface area contributed by atoms with Gasteiger partial charge in [0.05, 0.1) is 82.5 Å². The number of carbonyl (C=O) groups is 3. The minimum atomic E-state index is -1.07. The number of likely N-dealkylation sites (tertiary alicyclic amines) is 1. The molecule has 0 bridgehead atoms. The number of nitrogens with two attached hydrogens (primary N) is 1. The van der Waals surface area contributed by atoms with Gasteiger partial charge in [-0.1, -0.05) is 97.7 Å². The molecule has 488 valence electrons. The number of hydrogen-bond donors (Lipinski definition) is 2. The lowest BCUT2D eigenvalue weighted by Crippen LogP contribution is -2.61. The number of aliphatic imine (C=N–C) groups is 1. The third kappa shape index (κ3) is 14.8. The fourth-order valence-electron chi connectivity index (χ4n) is 12.2. The number of hydrogen-bond acceptors (Lipinski definition) is 16. The van der Waals surface area contributed by atoms with Crippen molar-refractivity contribution in [2.24, 2.45) is 4.99 Å². The molecule has 3 atom stereocenters. The number of urea groups is 1. The Morgan fingerprint density at radius 1 is 0.753 bits per heavy atom. The molecule has 2 saturated heterocycles. The molecule has 22 nitrogen and oxygen atoms in total. The molecule has 5 aromatic carbocycles. The molecule has 3 aliphatic rings. The van der Waals surface area contributed by atoms with Crippen molar-refractivity contribution in [3.8, 4) is 28.5 Å². The average molecular weight is 1300 g/mol. The SMILES string of the molecule is CCOc1cc(C(C)(C)C)ccc1C1=NC(C)(c2ccc(Cl)cc2)C(C)(c2ccc(Cl)cc2)N1C(=O)N1CCN(CC(=O)NCCOCCOCCOCCn2cc(C(=O)N3CCC[C@@H](n4nc(-c5ccc(Oc6ccccc6)cc5)c5c(N)ncnc54)C3)nn2)CC1. The first-order valence-corrected chi connectivity index (χ1v) is 32.4. The number of benzene rings is 5. The van der Waals surface area contributed by atoms with E-state index < -0.39 is 11.1 Å². The number of para-hydroxylation sites is 1. The first kappa shape index (κ1) is 66.0. The minimum Gasteiger partial charge on any atom is -0.493 e. The third-order valence-electron chi connectivity index (χ3n) is 17.5. The van der Waals surface area contributed by atoms with Gasteiger partial charge >= 0.3 is 6.03 Å². The van der Waals surface area contributed by atoms with Gasteiger partial charge in [-0.25, -0.2) is 24.1 Å². The van der Waals surface area contributed by atoms with Crippen molar-refractivity contribution in [1.29, 1.82) is 0 Å². The molecule has 93 heavy (non-hydrogen) atoms. The smallest absolute Gasteiger partial charge is 0.326 e. The average Bonchev–Trinajstić information content (AvgIpc) is 1.56. The van der Waals surface area contributed by atoms with Crippen molar-refractivity contribution in [3.05, 3.63) is 172 Å². The number of halogens is 2. The highest BCUT2D eigenvalue weighted by Crippen LogP contribution is 2.54. The number of rotatable bonds is 24. The van der Waals surface area contributed by atoms with Gasteiger partial charge in [-0.3, -0.25) is 24.4 Å². The molecule has 0 radical (unpaired) electrons. The van der Waals surface area contributed by atoms with E-state index in [9.17, 15) is 9.59 Å². The lowest BCUT2D eigenvalue weighted by molar-refractivity contribution is -0.122. The van der Waals surface area contributed by atoms with Crippen LogP contribution in [-0.2, 0) is 42.0 Å². The van der Waals surface area contributed by atoms with Crippen molar-refractivity contribution < 1.29 is 38.1 Å². The number of nitrogen functional groups attached to an aromatic ring is 1. The van der Waals surface area contributed by atoms with Crippen LogP contribution in [-0.4, -0.2) is 177 Å². The van der Waals surface area contributed by atoms with Crippen molar-refractivity contribution in [2.75, 3.05) is 104 Å². The number of anilines is 1. The van der Waals surface area contributed by atoms with Crippen molar-refractivity contribution in [3.63, 3.8) is 0 Å². The number of ether oxygens (including phenoxy) is 5. The number of amides is 4. The largest absolute Gasteiger partial charge is 0.493 e. The van der Waals surface area contributed by atoms with Crippen LogP contribution in [0.15, 0.2) is 139 Å². The fraction of sp³-hybridized carbons (Fsp3) is 0.406. The number of fused-ring (bicyclic) bond motifs is 1. The zero-order valence-electron chi connectivity index (χ0n) is 53.5. The number of piperidine rings is 1. The molecule has 0 saturated carbocycles. The second kappa shape index (κ2) is 29.2. The van der Waals surface area contributed by atoms with Gasteiger partial charge in [0.1, 0.15) is 52.0 Å². The van der Waals surface area contributed by atoms with E-state index in [1.807, 2.05) is 131 Å². The molecular formula is C69H80Cl2N14O8. The summed E-state index contributed by atoms with van der Waals surface area (Å²) in [6.07, 6.45) is 4.62. The second-order valence-corrected chi connectivity index (χ2v) is 25.5. The monoisotopic (exact) mass is 1300 g/mol. The summed E-state index contributed by atoms with van der Waals surface area (Å²) in [6.45, 7) is 18.7. The standard InChI is InChI=1S/C69H80Cl2N14O8/c1-7-92-58-42-50(67(2,3)4)21-28-56(58)63-76-68(5,48-17-22-51(70)23-18-48)69(6,49-19-24-52(71)25-20-49)84(63)66(88)81-33-31-80(32-34-81)45-59(86)73-29-36-89-38-40-91-41-39-90-37-35-83-44-57(77-79-83)65(87)82-30-11-12-53(43-82)85-64-60(62(72)74-46-75-64)61(78-85)47-15-26-55(27-16-47)93-54-13-9-8-10-14-54/h8-10,13-28,42,44,46,53H,7,11-12,29-41,43,45H2,1-6H3,(H,73,86)(H2,72,74,75)/t53-,68?,69?/m1/s1. The normalized spacial score (nSPS) is 18.6. The summed E-state index contributed by atoms with van der Waals surface area (Å²) in [4.78, 5) is 64.5. The van der Waals surface area contributed by atoms with Crippen LogP contribution in [0.5, 0.6) is 17.2 Å². The molecule has 11 rings (SSSR count). The highest BCUT2D eigenvalue weighted by Gasteiger charge is 2.60. The van der Waals surface area contributed by atoms with E-state index in [1.165, 1.54) is 6.33 Å². The molecule has 0 spiro atoms. The minimum absolute atomic E-state index is 0.131. The van der Waals surface area contributed by atoms with Crippen LogP contribution in [0.2, 0.25) is 10.0 Å². The van der Waals surface area contributed by atoms with E-state index in [2.05, 4.69) is 77.2 Å². The van der Waals surface area contributed by atoms with Gasteiger partial charge in [-0.2, -0.15) is 5.10 Å². The van der Waals surface area contributed by atoms with E-state index in [4.69, 9.17) is 62.7 Å². The Kier molecular flexibility index (Phi) is 20.7. The number of amidine groups is 1. The van der Waals surface area contributed by atoms with Gasteiger partial charge in [-0.05, 0) is 129 Å². The van der Waals surface area contributed by atoms with Gasteiger partial charge in [0, 0.05) is 61.4 Å². The van der Waals surface area contributed by atoms with E-state index in [0.717, 1.165) is 40.8 Å². The van der Waals surface area contributed by atoms with Gasteiger partial charge < -0.3 is 44.5 Å². The van der Waals surface area contributed by atoms with Crippen molar-refractivity contribution in [2.45, 2.75) is 83.5 Å². The van der Waals surface area contributed by atoms with Gasteiger partial charge in [0.15, 0.2) is 11.3 Å². The first-order valence-electron chi connectivity index (χ1n) is 31.6. The van der Waals surface area contributed by atoms with E-state index in [0.29, 0.717) is 154 Å². The maximum absolute atomic E-state index is 15.5. The molecule has 0 aliphatic carbocycles. The number of carbonyl (C=O) groups excluding carboxylic acids is 3. The van der Waals surface area contributed by atoms with Crippen LogP contribution in [0.4, 0.5) is 10.6 Å². The number of nitrogens with zero attached hydrogens (tertiary/aromatic N) is 12. The third-order valence-corrected chi connectivity index (χ3v) is 18.0. The zero-order chi connectivity index (χ0) is 65.3. The lowest BCUT2D eigenvalue weighted by Gasteiger charge is -2.47. The van der Waals surface area contributed by atoms with Crippen LogP contribution in [0.3, 0.4) is 0 Å². The Morgan fingerprint density at radius 2 is 1.42 bits per heavy atom. The van der Waals surface area contributed by atoms with E-state index >= 15 is 4.79 Å². The summed E-state index contributed by atoms with van der Waals surface area (Å²) in [5.74, 6) is 2.53. The maximum atomic E-state index is 15.5. The van der Waals surface area contributed by atoms with Crippen LogP contribution in [0, 0.1) is 0 Å². The molecule has 2 unspecified atom stereocenters. The predicted molar refractivity (Wildman–Crippen MR) is 357 cm³/mol. The van der Waals surface area contributed by atoms with Crippen LogP contribution >= 0.6 is 23.2 Å². The number of aromatic nitrogens is 7. The molecule has 6 heterocycles. The van der Waals surface area contributed by atoms with Gasteiger partial charge in [0.25, 0.3) is 5.91 Å². The fourth-order valence-corrected chi connectivity index (χ4v) is 12.5. The molecule has 2 fully saturated rings. The van der Waals surface area contributed by atoms with Gasteiger partial charge in [0.2, 0.25) is 5.91 Å². The maximum Gasteiger partial charge on any atom is 0.326 e. The number of piperazine rings is 1. The summed E-state index contributed by atoms with van der Waals surface area (Å²) in [6, 6.07) is 38.3. The highest BCUT2D eigenvalue weighted by molar-refractivity contribution is 6.31. The Hall–Kier alpha value is -8.51. The van der Waals surface area contributed by atoms with Crippen LogP contribution in [0.1, 0.15) is 93.2 Å². The van der Waals surface area contributed by atoms with Crippen LogP contribution in [0.25, 0.3) is 22.3 Å². The predicted octanol–water partition coefficient (Wildman–Crippen LogP) is 10.4. The summed E-state index contributed by atoms with van der Waals surface area (Å²) in [7, 11) is 0. The molecule has 8 aromatic rings. The summed E-state index contributed by atoms with van der Waals surface area (Å²) in [5.41, 5.74) is 10.1. The molecule has 3 N–H and O–H groups in total. The van der Waals surface area contributed by atoms with Gasteiger partial charge in [-0.15, -0.1) is 5.10 Å². The molecule has 3 aromatic heterocycles. The van der Waals surface area contributed by atoms with E-state index in [1.54, 1.807) is 15.8 Å². The highest BCUT2D eigenvalue weighted by atomic mass is 35.5. The quantitative estimate of drug-likeness (QED) is 0.0535. The molecule has 3 aliphatic heterocycles. The Labute approximate surface area is 551 Å². The van der Waals surface area contributed by atoms with E-state index in [-0.39, 0.29) is 41.5 Å². The Balaban J connectivity index is 0.596. The van der Waals surface area contributed by atoms with Crippen LogP contribution < -0.4 is 20.5 Å². The Bertz CT molecular complexity index is 3910. The second-order valence-electron chi connectivity index (χ2n) is 24.7. The molecular weight excluding hydrogens is 1220 g/mol. The summed E-state index contributed by atoms with van der Waals surface area (Å²) < 4.78 is 33.1. The number of nitrogens with one attached hydrogen (secondary N) is 1. The summed E-state index contributed by atoms with van der Waals surface area (Å²) >= 11 is 13.0. The molecule has 4 amide bonds. The molecule has 24 heteroatoms. The Morgan fingerprint density at radius 3 is 2.11 bits per heavy atom. The summed E-state index contributed by atoms with van der Waals surface area (Å²) in [5, 5.41) is 18.2. The lowest BCUT2D eigenvalue weighted by atomic mass is 9.71. The topological polar surface area (TPSA) is 235 Å². The van der Waals surface area contributed by atoms with Crippen molar-refractivity contribution >= 4 is 63.7 Å².